The summed E-state index contributed by atoms with van der Waals surface area (Å²) < 4.78 is 21.5. The van der Waals surface area contributed by atoms with Crippen LogP contribution in [0.15, 0.2) is 97.1 Å². The van der Waals surface area contributed by atoms with Crippen molar-refractivity contribution in [2.45, 2.75) is 6.92 Å². The zero-order valence-electron chi connectivity index (χ0n) is 17.3. The highest BCUT2D eigenvalue weighted by molar-refractivity contribution is 6.31. The van der Waals surface area contributed by atoms with E-state index in [9.17, 15) is 0 Å². The quantitative estimate of drug-likeness (QED) is 0.280. The zero-order valence-corrected chi connectivity index (χ0v) is 18.1. The molecule has 0 N–H and O–H groups in total. The van der Waals surface area contributed by atoms with Crippen LogP contribution in [0.3, 0.4) is 0 Å². The molecule has 0 aliphatic rings. The highest BCUT2D eigenvalue weighted by atomic mass is 35.5. The normalized spacial score (nSPS) is 11.0. The Morgan fingerprint density at radius 2 is 1.53 bits per heavy atom. The summed E-state index contributed by atoms with van der Waals surface area (Å²) >= 11 is 6.34. The summed E-state index contributed by atoms with van der Waals surface area (Å²) in [6, 6.07) is 29.7. The summed E-state index contributed by atoms with van der Waals surface area (Å²) in [5.74, 6) is 0.793. The molecule has 5 rings (SSSR count). The maximum atomic E-state index is 15.1. The summed E-state index contributed by atoms with van der Waals surface area (Å²) in [4.78, 5) is 4.91. The van der Waals surface area contributed by atoms with Crippen molar-refractivity contribution in [2.24, 2.45) is 0 Å². The van der Waals surface area contributed by atoms with Gasteiger partial charge in [-0.25, -0.2) is 9.37 Å². The van der Waals surface area contributed by atoms with Gasteiger partial charge in [0.25, 0.3) is 0 Å². The van der Waals surface area contributed by atoms with Gasteiger partial charge in [-0.3, -0.25) is 0 Å². The van der Waals surface area contributed by atoms with Crippen LogP contribution < -0.4 is 4.74 Å². The van der Waals surface area contributed by atoms with Crippen LogP contribution in [0.2, 0.25) is 5.02 Å². The number of hydrogen-bond acceptors (Lipinski definition) is 2. The van der Waals surface area contributed by atoms with Crippen LogP contribution in [0.5, 0.6) is 11.5 Å². The van der Waals surface area contributed by atoms with Crippen LogP contribution in [-0.4, -0.2) is 4.98 Å². The highest BCUT2D eigenvalue weighted by Gasteiger charge is 2.22. The molecule has 4 aromatic carbocycles. The predicted octanol–water partition coefficient (Wildman–Crippen LogP) is 8.46. The Labute approximate surface area is 190 Å². The van der Waals surface area contributed by atoms with Crippen LogP contribution in [0.1, 0.15) is 5.56 Å². The number of aromatic nitrogens is 1. The first-order chi connectivity index (χ1) is 15.6. The Morgan fingerprint density at radius 1 is 0.812 bits per heavy atom. The Bertz CT molecular complexity index is 1420. The van der Waals surface area contributed by atoms with E-state index >= 15 is 4.39 Å². The van der Waals surface area contributed by atoms with E-state index in [0.29, 0.717) is 38.9 Å². The summed E-state index contributed by atoms with van der Waals surface area (Å²) in [5, 5.41) is 1.27. The fourth-order valence-corrected chi connectivity index (χ4v) is 3.94. The molecule has 156 valence electrons. The Morgan fingerprint density at radius 3 is 2.28 bits per heavy atom. The van der Waals surface area contributed by atoms with Crippen LogP contribution in [-0.2, 0) is 0 Å². The number of benzene rings is 4. The van der Waals surface area contributed by atoms with E-state index in [1.54, 1.807) is 18.2 Å². The van der Waals surface area contributed by atoms with Gasteiger partial charge in [0.1, 0.15) is 17.3 Å². The number of hydrogen-bond donors (Lipinski definition) is 0. The molecule has 5 aromatic rings. The second-order valence-corrected chi connectivity index (χ2v) is 8.02. The van der Waals surface area contributed by atoms with Gasteiger partial charge in [-0.2, -0.15) is 0 Å². The molecule has 0 amide bonds. The minimum atomic E-state index is -0.340. The van der Waals surface area contributed by atoms with Crippen molar-refractivity contribution in [3.8, 4) is 33.9 Å². The van der Waals surface area contributed by atoms with Gasteiger partial charge in [0.15, 0.2) is 5.75 Å². The van der Waals surface area contributed by atoms with Crippen LogP contribution in [0.25, 0.3) is 33.3 Å². The lowest BCUT2D eigenvalue weighted by atomic mass is 9.96. The van der Waals surface area contributed by atoms with Gasteiger partial charge in [-0.05, 0) is 43.3 Å². The largest absolute Gasteiger partial charge is 0.454 e. The zero-order chi connectivity index (χ0) is 22.1. The van der Waals surface area contributed by atoms with Crippen molar-refractivity contribution in [3.63, 3.8) is 0 Å². The van der Waals surface area contributed by atoms with Crippen molar-refractivity contribution >= 4 is 22.5 Å². The molecule has 2 nitrogen and oxygen atoms in total. The molecule has 0 aliphatic heterocycles. The monoisotopic (exact) mass is 439 g/mol. The summed E-state index contributed by atoms with van der Waals surface area (Å²) in [6.07, 6.45) is 0. The van der Waals surface area contributed by atoms with E-state index in [1.165, 1.54) is 6.07 Å². The number of rotatable bonds is 4. The number of fused-ring (bicyclic) bond motifs is 1. The van der Waals surface area contributed by atoms with Gasteiger partial charge in [0.2, 0.25) is 0 Å². The third-order valence-corrected chi connectivity index (χ3v) is 5.57. The molecule has 1 heterocycles. The second kappa shape index (κ2) is 8.45. The molecule has 4 heteroatoms. The molecule has 1 aromatic heterocycles. The minimum absolute atomic E-state index is 0.340. The number of halogens is 2. The smallest absolute Gasteiger partial charge is 0.162 e. The van der Waals surface area contributed by atoms with E-state index in [-0.39, 0.29) is 5.82 Å². The molecule has 0 saturated carbocycles. The molecule has 0 spiro atoms. The molecule has 0 unspecified atom stereocenters. The third-order valence-electron chi connectivity index (χ3n) is 5.33. The maximum Gasteiger partial charge on any atom is 0.162 e. The lowest BCUT2D eigenvalue weighted by molar-refractivity contribution is 0.484. The topological polar surface area (TPSA) is 22.1 Å². The van der Waals surface area contributed by atoms with Crippen LogP contribution in [0.4, 0.5) is 4.39 Å². The van der Waals surface area contributed by atoms with E-state index in [2.05, 4.69) is 0 Å². The number of ether oxygens (including phenoxy) is 1. The van der Waals surface area contributed by atoms with E-state index in [0.717, 1.165) is 16.5 Å². The molecular formula is C28H19ClFNO. The van der Waals surface area contributed by atoms with Crippen molar-refractivity contribution in [2.75, 3.05) is 0 Å². The molecule has 0 saturated heterocycles. The average Bonchev–Trinajstić information content (AvgIpc) is 2.81. The maximum absolute atomic E-state index is 15.1. The van der Waals surface area contributed by atoms with Crippen molar-refractivity contribution in [1.82, 2.24) is 4.98 Å². The first-order valence-corrected chi connectivity index (χ1v) is 10.7. The fraction of sp³-hybridized carbons (Fsp3) is 0.0357. The van der Waals surface area contributed by atoms with E-state index in [1.807, 2.05) is 79.7 Å². The molecule has 0 atom stereocenters. The van der Waals surface area contributed by atoms with Gasteiger partial charge in [-0.1, -0.05) is 77.8 Å². The van der Waals surface area contributed by atoms with E-state index in [4.69, 9.17) is 21.3 Å². The Kier molecular flexibility index (Phi) is 5.34. The molecule has 0 fully saturated rings. The van der Waals surface area contributed by atoms with Crippen molar-refractivity contribution in [3.05, 3.63) is 113 Å². The Hall–Kier alpha value is -3.69. The average molecular weight is 440 g/mol. The standard InChI is InChI=1S/C28H19ClFNO/c1-18-11-14-21(15-12-18)32-28-26(22-9-5-6-10-24(22)30)23-17-20(29)13-16-25(23)31-27(28)19-7-3-2-4-8-19/h2-17H,1H3. The molecular weight excluding hydrogens is 421 g/mol. The lowest BCUT2D eigenvalue weighted by Crippen LogP contribution is -1.98. The first-order valence-electron chi connectivity index (χ1n) is 10.3. The van der Waals surface area contributed by atoms with Crippen LogP contribution in [0, 0.1) is 12.7 Å². The highest BCUT2D eigenvalue weighted by Crippen LogP contribution is 2.45. The summed E-state index contributed by atoms with van der Waals surface area (Å²) in [5.41, 5.74) is 4.40. The SMILES string of the molecule is Cc1ccc(Oc2c(-c3ccccc3)nc3ccc(Cl)cc3c2-c2ccccc2F)cc1. The number of aryl methyl sites for hydroxylation is 1. The molecule has 0 radical (unpaired) electrons. The fourth-order valence-electron chi connectivity index (χ4n) is 3.76. The summed E-state index contributed by atoms with van der Waals surface area (Å²) in [6.45, 7) is 2.02. The molecule has 0 bridgehead atoms. The van der Waals surface area contributed by atoms with Crippen LogP contribution >= 0.6 is 11.6 Å². The van der Waals surface area contributed by atoms with E-state index < -0.39 is 0 Å². The third kappa shape index (κ3) is 3.83. The van der Waals surface area contributed by atoms with Crippen molar-refractivity contribution < 1.29 is 9.13 Å². The van der Waals surface area contributed by atoms with Gasteiger partial charge in [0, 0.05) is 27.1 Å². The predicted molar refractivity (Wildman–Crippen MR) is 129 cm³/mol. The summed E-state index contributed by atoms with van der Waals surface area (Å²) in [7, 11) is 0. The van der Waals surface area contributed by atoms with Crippen molar-refractivity contribution in [1.29, 1.82) is 0 Å². The number of nitrogens with zero attached hydrogens (tertiary/aromatic N) is 1. The lowest BCUT2D eigenvalue weighted by Gasteiger charge is -2.19. The van der Waals surface area contributed by atoms with Gasteiger partial charge < -0.3 is 4.74 Å². The second-order valence-electron chi connectivity index (χ2n) is 7.59. The molecule has 0 aliphatic carbocycles. The van der Waals surface area contributed by atoms with Gasteiger partial charge >= 0.3 is 0 Å². The van der Waals surface area contributed by atoms with Gasteiger partial charge in [0.05, 0.1) is 5.52 Å². The molecule has 32 heavy (non-hydrogen) atoms. The minimum Gasteiger partial charge on any atom is -0.454 e. The Balaban J connectivity index is 1.89. The first kappa shape index (κ1) is 20.2. The van der Waals surface area contributed by atoms with Gasteiger partial charge in [-0.15, -0.1) is 0 Å². The number of pyridine rings is 1.